The van der Waals surface area contributed by atoms with Gasteiger partial charge in [-0.2, -0.15) is 0 Å². The lowest BCUT2D eigenvalue weighted by molar-refractivity contribution is -0.915. The van der Waals surface area contributed by atoms with Gasteiger partial charge in [-0.25, -0.2) is 0 Å². The van der Waals surface area contributed by atoms with Crippen LogP contribution in [0.1, 0.15) is 18.6 Å². The van der Waals surface area contributed by atoms with Crippen LogP contribution in [0.25, 0.3) is 0 Å². The normalized spacial score (nSPS) is 12.9. The summed E-state index contributed by atoms with van der Waals surface area (Å²) in [5.74, 6) is 1.07. The van der Waals surface area contributed by atoms with Crippen molar-refractivity contribution in [2.75, 3.05) is 33.4 Å². The molecule has 0 saturated heterocycles. The quantitative estimate of drug-likeness (QED) is 0.551. The number of ether oxygens (including phenoxy) is 1. The van der Waals surface area contributed by atoms with E-state index in [0.29, 0.717) is 0 Å². The fraction of sp³-hybridized carbons (Fsp3) is 0.667. The largest absolute Gasteiger partial charge is 0.463 e. The zero-order chi connectivity index (χ0) is 11.6. The monoisotopic (exact) mass is 228 g/mol. The highest BCUT2D eigenvalue weighted by Crippen LogP contribution is 1.96. The van der Waals surface area contributed by atoms with E-state index in [1.807, 2.05) is 12.1 Å². The van der Waals surface area contributed by atoms with Gasteiger partial charge in [0.2, 0.25) is 0 Å². The molecule has 0 radical (unpaired) electrons. The predicted octanol–water partition coefficient (Wildman–Crippen LogP) is -0.667. The molecule has 1 unspecified atom stereocenters. The summed E-state index contributed by atoms with van der Waals surface area (Å²) in [6.45, 7) is 5.11. The third kappa shape index (κ3) is 5.30. The predicted molar refractivity (Wildman–Crippen MR) is 62.0 cm³/mol. The first-order valence-electron chi connectivity index (χ1n) is 6.01. The molecule has 16 heavy (non-hydrogen) atoms. The van der Waals surface area contributed by atoms with Crippen molar-refractivity contribution in [2.45, 2.75) is 19.4 Å². The van der Waals surface area contributed by atoms with E-state index in [1.165, 1.54) is 6.42 Å². The fourth-order valence-corrected chi connectivity index (χ4v) is 1.80. The molecule has 0 fully saturated rings. The Kier molecular flexibility index (Phi) is 6.88. The zero-order valence-electron chi connectivity index (χ0n) is 10.2. The number of rotatable bonds is 9. The molecule has 1 aromatic heterocycles. The Morgan fingerprint density at radius 2 is 2.19 bits per heavy atom. The van der Waals surface area contributed by atoms with Crippen LogP contribution in [0.4, 0.5) is 0 Å². The van der Waals surface area contributed by atoms with E-state index in [0.717, 1.165) is 45.0 Å². The molecule has 0 aliphatic rings. The minimum absolute atomic E-state index is 0.839. The first kappa shape index (κ1) is 13.2. The van der Waals surface area contributed by atoms with Crippen LogP contribution < -0.4 is 10.6 Å². The SMILES string of the molecule is COCCC[NH+](CCC[NH3+])Cc1ccco1. The van der Waals surface area contributed by atoms with Crippen molar-refractivity contribution in [3.8, 4) is 0 Å². The molecule has 4 N–H and O–H groups in total. The lowest BCUT2D eigenvalue weighted by atomic mass is 10.3. The standard InChI is InChI=1S/C12H22N2O2/c1-15-9-4-8-14(7-3-6-13)11-12-5-2-10-16-12/h2,5,10H,3-4,6-9,11,13H2,1H3/p+2. The second-order valence-electron chi connectivity index (χ2n) is 4.06. The van der Waals surface area contributed by atoms with Gasteiger partial charge < -0.3 is 19.8 Å². The van der Waals surface area contributed by atoms with Crippen LogP contribution >= 0.6 is 0 Å². The van der Waals surface area contributed by atoms with Gasteiger partial charge in [-0.1, -0.05) is 0 Å². The third-order valence-electron chi connectivity index (χ3n) is 2.66. The summed E-state index contributed by atoms with van der Waals surface area (Å²) < 4.78 is 10.5. The molecule has 1 atom stereocenters. The molecule has 0 aliphatic carbocycles. The maximum atomic E-state index is 5.38. The lowest BCUT2D eigenvalue weighted by Gasteiger charge is -2.17. The number of furan rings is 1. The highest BCUT2D eigenvalue weighted by molar-refractivity contribution is 4.95. The Morgan fingerprint density at radius 3 is 2.81 bits per heavy atom. The maximum absolute atomic E-state index is 5.38. The van der Waals surface area contributed by atoms with Gasteiger partial charge >= 0.3 is 0 Å². The van der Waals surface area contributed by atoms with E-state index in [-0.39, 0.29) is 0 Å². The maximum Gasteiger partial charge on any atom is 0.157 e. The highest BCUT2D eigenvalue weighted by Gasteiger charge is 2.10. The summed E-state index contributed by atoms with van der Waals surface area (Å²) >= 11 is 0. The van der Waals surface area contributed by atoms with Gasteiger partial charge in [-0.15, -0.1) is 0 Å². The van der Waals surface area contributed by atoms with Gasteiger partial charge in [0.05, 0.1) is 32.5 Å². The second-order valence-corrected chi connectivity index (χ2v) is 4.06. The molecule has 0 spiro atoms. The molecule has 1 rings (SSSR count). The van der Waals surface area contributed by atoms with Gasteiger partial charge in [-0.05, 0) is 12.1 Å². The molecule has 4 nitrogen and oxygen atoms in total. The Labute approximate surface area is 97.4 Å². The minimum atomic E-state index is 0.839. The van der Waals surface area contributed by atoms with Crippen molar-refractivity contribution in [1.82, 2.24) is 0 Å². The topological polar surface area (TPSA) is 54.5 Å². The van der Waals surface area contributed by atoms with E-state index >= 15 is 0 Å². The van der Waals surface area contributed by atoms with Crippen LogP contribution in [0.2, 0.25) is 0 Å². The molecule has 1 aromatic rings. The van der Waals surface area contributed by atoms with E-state index in [4.69, 9.17) is 9.15 Å². The fourth-order valence-electron chi connectivity index (χ4n) is 1.80. The molecule has 92 valence electrons. The summed E-state index contributed by atoms with van der Waals surface area (Å²) in [4.78, 5) is 1.55. The molecule has 0 aromatic carbocycles. The second kappa shape index (κ2) is 8.33. The molecule has 0 amide bonds. The van der Waals surface area contributed by atoms with Gasteiger partial charge in [0.25, 0.3) is 0 Å². The van der Waals surface area contributed by atoms with Crippen LogP contribution in [-0.2, 0) is 11.3 Å². The minimum Gasteiger partial charge on any atom is -0.463 e. The summed E-state index contributed by atoms with van der Waals surface area (Å²) in [6.07, 6.45) is 4.01. The van der Waals surface area contributed by atoms with Crippen molar-refractivity contribution in [3.63, 3.8) is 0 Å². The molecule has 4 heteroatoms. The van der Waals surface area contributed by atoms with E-state index in [1.54, 1.807) is 18.3 Å². The molecule has 0 aliphatic heterocycles. The number of hydrogen-bond donors (Lipinski definition) is 2. The zero-order valence-corrected chi connectivity index (χ0v) is 10.2. The smallest absolute Gasteiger partial charge is 0.157 e. The van der Waals surface area contributed by atoms with Crippen molar-refractivity contribution in [1.29, 1.82) is 0 Å². The van der Waals surface area contributed by atoms with Gasteiger partial charge in [0, 0.05) is 20.0 Å². The Bertz CT molecular complexity index is 250. The van der Waals surface area contributed by atoms with Gasteiger partial charge in [-0.3, -0.25) is 0 Å². The first-order valence-corrected chi connectivity index (χ1v) is 6.01. The third-order valence-corrected chi connectivity index (χ3v) is 2.66. The number of hydrogen-bond acceptors (Lipinski definition) is 2. The Morgan fingerprint density at radius 1 is 1.38 bits per heavy atom. The summed E-state index contributed by atoms with van der Waals surface area (Å²) in [5.41, 5.74) is 3.89. The molecular formula is C12H24N2O2+2. The van der Waals surface area contributed by atoms with Crippen molar-refractivity contribution >= 4 is 0 Å². The van der Waals surface area contributed by atoms with Crippen molar-refractivity contribution < 1.29 is 19.8 Å². The van der Waals surface area contributed by atoms with Crippen LogP contribution in [-0.4, -0.2) is 33.4 Å². The molecular weight excluding hydrogens is 204 g/mol. The Hall–Kier alpha value is -0.840. The van der Waals surface area contributed by atoms with E-state index in [9.17, 15) is 0 Å². The number of quaternary nitrogens is 2. The molecule has 0 bridgehead atoms. The average molecular weight is 228 g/mol. The van der Waals surface area contributed by atoms with Crippen LogP contribution in [0.5, 0.6) is 0 Å². The number of methoxy groups -OCH3 is 1. The van der Waals surface area contributed by atoms with E-state index in [2.05, 4.69) is 5.73 Å². The summed E-state index contributed by atoms with van der Waals surface area (Å²) in [5, 5.41) is 0. The molecule has 1 heterocycles. The van der Waals surface area contributed by atoms with Gasteiger partial charge in [0.1, 0.15) is 6.54 Å². The van der Waals surface area contributed by atoms with E-state index < -0.39 is 0 Å². The number of nitrogens with one attached hydrogen (secondary N) is 1. The van der Waals surface area contributed by atoms with Crippen molar-refractivity contribution in [2.24, 2.45) is 0 Å². The van der Waals surface area contributed by atoms with Crippen LogP contribution in [0.3, 0.4) is 0 Å². The molecule has 0 saturated carbocycles. The highest BCUT2D eigenvalue weighted by atomic mass is 16.5. The first-order chi connectivity index (χ1) is 7.86. The van der Waals surface area contributed by atoms with Gasteiger partial charge in [0.15, 0.2) is 5.76 Å². The van der Waals surface area contributed by atoms with Crippen molar-refractivity contribution in [3.05, 3.63) is 24.2 Å². The average Bonchev–Trinajstić information content (AvgIpc) is 2.78. The summed E-state index contributed by atoms with van der Waals surface area (Å²) in [7, 11) is 1.75. The Balaban J connectivity index is 2.31. The summed E-state index contributed by atoms with van der Waals surface area (Å²) in [6, 6.07) is 3.99. The van der Waals surface area contributed by atoms with Crippen LogP contribution in [0.15, 0.2) is 22.8 Å². The van der Waals surface area contributed by atoms with Crippen LogP contribution in [0, 0.1) is 0 Å². The lowest BCUT2D eigenvalue weighted by Crippen LogP contribution is -3.11.